The van der Waals surface area contributed by atoms with Crippen LogP contribution < -0.4 is 5.32 Å². The van der Waals surface area contributed by atoms with Crippen LogP contribution in [0.4, 0.5) is 8.78 Å². The van der Waals surface area contributed by atoms with Crippen molar-refractivity contribution in [2.24, 2.45) is 0 Å². The number of hydrogen-bond donors (Lipinski definition) is 1. The SMILES string of the molecule is CNCc1cn(S(=O)(=O)c2cccc(C#N)c2)c(-c2cccnc2F)c1F.Cl. The van der Waals surface area contributed by atoms with Gasteiger partial charge in [-0.15, -0.1) is 12.4 Å². The average Bonchev–Trinajstić information content (AvgIpc) is 3.00. The quantitative estimate of drug-likeness (QED) is 0.636. The molecule has 0 saturated carbocycles. The number of nitriles is 1. The lowest BCUT2D eigenvalue weighted by Crippen LogP contribution is -2.14. The lowest BCUT2D eigenvalue weighted by atomic mass is 10.2. The van der Waals surface area contributed by atoms with Gasteiger partial charge < -0.3 is 5.32 Å². The molecular formula is C18H15ClF2N4O2S. The maximum Gasteiger partial charge on any atom is 0.268 e. The summed E-state index contributed by atoms with van der Waals surface area (Å²) in [6.07, 6.45) is 2.28. The van der Waals surface area contributed by atoms with Gasteiger partial charge in [-0.25, -0.2) is 21.8 Å². The van der Waals surface area contributed by atoms with E-state index in [1.165, 1.54) is 42.6 Å². The highest BCUT2D eigenvalue weighted by Crippen LogP contribution is 2.32. The van der Waals surface area contributed by atoms with Crippen LogP contribution in [0.1, 0.15) is 11.1 Å². The number of halogens is 3. The Morgan fingerprint density at radius 2 is 2.00 bits per heavy atom. The van der Waals surface area contributed by atoms with E-state index in [2.05, 4.69) is 10.3 Å². The van der Waals surface area contributed by atoms with Crippen molar-refractivity contribution in [3.63, 3.8) is 0 Å². The van der Waals surface area contributed by atoms with Gasteiger partial charge >= 0.3 is 0 Å². The molecule has 0 radical (unpaired) electrons. The highest BCUT2D eigenvalue weighted by Gasteiger charge is 2.28. The number of hydrogen-bond acceptors (Lipinski definition) is 5. The molecule has 0 atom stereocenters. The number of nitrogens with zero attached hydrogens (tertiary/aromatic N) is 3. The molecule has 1 N–H and O–H groups in total. The van der Waals surface area contributed by atoms with E-state index in [1.807, 2.05) is 6.07 Å². The fourth-order valence-corrected chi connectivity index (χ4v) is 4.09. The Hall–Kier alpha value is -2.80. The molecule has 0 bridgehead atoms. The molecular weight excluding hydrogens is 410 g/mol. The third-order valence-corrected chi connectivity index (χ3v) is 5.54. The molecule has 0 unspecified atom stereocenters. The Kier molecular flexibility index (Phi) is 6.51. The van der Waals surface area contributed by atoms with E-state index in [1.54, 1.807) is 7.05 Å². The van der Waals surface area contributed by atoms with Crippen molar-refractivity contribution >= 4 is 22.4 Å². The van der Waals surface area contributed by atoms with Crippen LogP contribution >= 0.6 is 12.4 Å². The predicted octanol–water partition coefficient (Wildman–Crippen LogP) is 3.08. The summed E-state index contributed by atoms with van der Waals surface area (Å²) in [4.78, 5) is 3.26. The molecule has 2 heterocycles. The zero-order valence-electron chi connectivity index (χ0n) is 14.6. The molecule has 0 saturated heterocycles. The van der Waals surface area contributed by atoms with Gasteiger partial charge in [0.05, 0.1) is 22.1 Å². The minimum atomic E-state index is -4.28. The van der Waals surface area contributed by atoms with E-state index in [-0.39, 0.29) is 40.5 Å². The number of rotatable bonds is 5. The molecule has 1 aromatic carbocycles. The monoisotopic (exact) mass is 424 g/mol. The van der Waals surface area contributed by atoms with Crippen LogP contribution in [-0.2, 0) is 16.6 Å². The van der Waals surface area contributed by atoms with Crippen molar-refractivity contribution in [3.05, 3.63) is 71.7 Å². The second-order valence-electron chi connectivity index (χ2n) is 5.63. The summed E-state index contributed by atoms with van der Waals surface area (Å²) in [7, 11) is -2.71. The maximum atomic E-state index is 15.0. The summed E-state index contributed by atoms with van der Waals surface area (Å²) >= 11 is 0. The fourth-order valence-electron chi connectivity index (χ4n) is 2.65. The van der Waals surface area contributed by atoms with Gasteiger partial charge in [0.1, 0.15) is 5.69 Å². The van der Waals surface area contributed by atoms with Crippen LogP contribution in [0.25, 0.3) is 11.3 Å². The van der Waals surface area contributed by atoms with Gasteiger partial charge in [-0.2, -0.15) is 9.65 Å². The predicted molar refractivity (Wildman–Crippen MR) is 101 cm³/mol. The van der Waals surface area contributed by atoms with E-state index in [0.29, 0.717) is 3.97 Å². The standard InChI is InChI=1S/C18H14F2N4O2S.ClH/c1-22-10-13-11-24(17(16(13)19)15-6-3-7-23-18(15)20)27(25,26)14-5-2-4-12(8-14)9-21;/h2-8,11,22H,10H2,1H3;1H. The van der Waals surface area contributed by atoms with E-state index >= 15 is 0 Å². The summed E-state index contributed by atoms with van der Waals surface area (Å²) in [5.41, 5.74) is -0.547. The lowest BCUT2D eigenvalue weighted by Gasteiger charge is -2.11. The minimum Gasteiger partial charge on any atom is -0.316 e. The molecule has 28 heavy (non-hydrogen) atoms. The zero-order valence-corrected chi connectivity index (χ0v) is 16.2. The second-order valence-corrected chi connectivity index (χ2v) is 7.44. The van der Waals surface area contributed by atoms with Gasteiger partial charge in [-0.3, -0.25) is 0 Å². The Balaban J connectivity index is 0.00000280. The van der Waals surface area contributed by atoms with Crippen LogP contribution in [0, 0.1) is 23.1 Å². The van der Waals surface area contributed by atoms with Gasteiger partial charge in [0.15, 0.2) is 5.82 Å². The summed E-state index contributed by atoms with van der Waals surface area (Å²) in [6.45, 7) is 0.0431. The lowest BCUT2D eigenvalue weighted by molar-refractivity contribution is 0.575. The Morgan fingerprint density at radius 3 is 2.64 bits per heavy atom. The smallest absolute Gasteiger partial charge is 0.268 e. The fraction of sp³-hybridized carbons (Fsp3) is 0.111. The number of aromatic nitrogens is 2. The highest BCUT2D eigenvalue weighted by molar-refractivity contribution is 7.90. The molecule has 146 valence electrons. The first kappa shape index (κ1) is 21.5. The van der Waals surface area contributed by atoms with Gasteiger partial charge in [0.25, 0.3) is 10.0 Å². The van der Waals surface area contributed by atoms with Crippen molar-refractivity contribution in [3.8, 4) is 17.3 Å². The van der Waals surface area contributed by atoms with Crippen molar-refractivity contribution in [2.75, 3.05) is 7.05 Å². The third-order valence-electron chi connectivity index (χ3n) is 3.88. The van der Waals surface area contributed by atoms with Gasteiger partial charge in [-0.05, 0) is 37.4 Å². The summed E-state index contributed by atoms with van der Waals surface area (Å²) in [6, 6.07) is 9.81. The molecule has 0 amide bonds. The van der Waals surface area contributed by atoms with Crippen LogP contribution in [0.15, 0.2) is 53.7 Å². The first-order valence-corrected chi connectivity index (χ1v) is 9.25. The largest absolute Gasteiger partial charge is 0.316 e. The van der Waals surface area contributed by atoms with Gasteiger partial charge in [0, 0.05) is 24.5 Å². The van der Waals surface area contributed by atoms with E-state index in [0.717, 1.165) is 6.20 Å². The molecule has 10 heteroatoms. The molecule has 0 fully saturated rings. The van der Waals surface area contributed by atoms with E-state index < -0.39 is 27.5 Å². The first-order chi connectivity index (χ1) is 12.9. The molecule has 0 aliphatic carbocycles. The normalized spacial score (nSPS) is 10.9. The summed E-state index contributed by atoms with van der Waals surface area (Å²) in [5, 5.41) is 11.7. The van der Waals surface area contributed by atoms with Crippen LogP contribution in [0.5, 0.6) is 0 Å². The van der Waals surface area contributed by atoms with E-state index in [4.69, 9.17) is 5.26 Å². The van der Waals surface area contributed by atoms with E-state index in [9.17, 15) is 17.2 Å². The van der Waals surface area contributed by atoms with Crippen LogP contribution in [-0.4, -0.2) is 24.4 Å². The second kappa shape index (κ2) is 8.48. The molecule has 0 aliphatic rings. The molecule has 6 nitrogen and oxygen atoms in total. The van der Waals surface area contributed by atoms with Crippen molar-refractivity contribution in [1.82, 2.24) is 14.3 Å². The molecule has 3 rings (SSSR count). The van der Waals surface area contributed by atoms with Crippen LogP contribution in [0.2, 0.25) is 0 Å². The Bertz CT molecular complexity index is 1160. The third kappa shape index (κ3) is 3.75. The van der Waals surface area contributed by atoms with Gasteiger partial charge in [-0.1, -0.05) is 6.07 Å². The zero-order chi connectivity index (χ0) is 19.6. The number of benzene rings is 1. The van der Waals surface area contributed by atoms with Gasteiger partial charge in [0.2, 0.25) is 5.95 Å². The first-order valence-electron chi connectivity index (χ1n) is 7.81. The van der Waals surface area contributed by atoms with Crippen molar-refractivity contribution in [2.45, 2.75) is 11.4 Å². The number of pyridine rings is 1. The molecule has 2 aromatic heterocycles. The maximum absolute atomic E-state index is 15.0. The Morgan fingerprint density at radius 1 is 1.25 bits per heavy atom. The average molecular weight is 425 g/mol. The summed E-state index contributed by atoms with van der Waals surface area (Å²) < 4.78 is 56.0. The Labute approximate surface area is 166 Å². The van der Waals surface area contributed by atoms with Crippen molar-refractivity contribution in [1.29, 1.82) is 5.26 Å². The van der Waals surface area contributed by atoms with Crippen molar-refractivity contribution < 1.29 is 17.2 Å². The minimum absolute atomic E-state index is 0. The molecule has 0 spiro atoms. The summed E-state index contributed by atoms with van der Waals surface area (Å²) in [5.74, 6) is -1.86. The molecule has 0 aliphatic heterocycles. The van der Waals surface area contributed by atoms with Crippen LogP contribution in [0.3, 0.4) is 0 Å². The topological polar surface area (TPSA) is 87.8 Å². The highest BCUT2D eigenvalue weighted by atomic mass is 35.5. The number of nitrogens with one attached hydrogen (secondary N) is 1. The molecule has 3 aromatic rings.